The Bertz CT molecular complexity index is 1060. The number of carbonyl (C=O) groups is 1. The molecule has 3 aromatic rings. The molecular formula is C23H26N4O3. The number of carbonyl (C=O) groups excluding carboxylic acids is 1. The van der Waals surface area contributed by atoms with Crippen LogP contribution in [0.25, 0.3) is 11.0 Å². The number of hydrogen-bond donors (Lipinski definition) is 0. The second-order valence-corrected chi connectivity index (χ2v) is 8.11. The Labute approximate surface area is 175 Å². The van der Waals surface area contributed by atoms with E-state index in [9.17, 15) is 4.79 Å². The van der Waals surface area contributed by atoms with Crippen molar-refractivity contribution in [2.24, 2.45) is 0 Å². The third kappa shape index (κ3) is 3.54. The van der Waals surface area contributed by atoms with Crippen LogP contribution in [0.1, 0.15) is 40.4 Å². The maximum atomic E-state index is 12.8. The summed E-state index contributed by atoms with van der Waals surface area (Å²) >= 11 is 0. The fraction of sp³-hybridized carbons (Fsp3) is 0.435. The van der Waals surface area contributed by atoms with E-state index in [0.717, 1.165) is 74.2 Å². The Morgan fingerprint density at radius 2 is 2.00 bits per heavy atom. The summed E-state index contributed by atoms with van der Waals surface area (Å²) in [6.45, 7) is 4.44. The number of hydrogen-bond acceptors (Lipinski definition) is 6. The molecule has 1 saturated heterocycles. The van der Waals surface area contributed by atoms with Crippen molar-refractivity contribution in [3.8, 4) is 5.88 Å². The van der Waals surface area contributed by atoms with Crippen LogP contribution in [-0.4, -0.2) is 65.7 Å². The normalized spacial score (nSPS) is 18.0. The molecule has 1 aromatic carbocycles. The van der Waals surface area contributed by atoms with Crippen LogP contribution >= 0.6 is 0 Å². The summed E-state index contributed by atoms with van der Waals surface area (Å²) in [4.78, 5) is 21.4. The molecule has 7 nitrogen and oxygen atoms in total. The van der Waals surface area contributed by atoms with Crippen molar-refractivity contribution in [1.82, 2.24) is 19.9 Å². The number of nitrogens with zero attached hydrogens (tertiary/aromatic N) is 4. The summed E-state index contributed by atoms with van der Waals surface area (Å²) in [5.41, 5.74) is 3.70. The molecule has 2 aliphatic rings. The lowest BCUT2D eigenvalue weighted by Gasteiger charge is -2.34. The fourth-order valence-electron chi connectivity index (χ4n) is 4.62. The number of benzene rings is 1. The van der Waals surface area contributed by atoms with E-state index in [2.05, 4.69) is 21.1 Å². The van der Waals surface area contributed by atoms with Crippen LogP contribution < -0.4 is 4.74 Å². The van der Waals surface area contributed by atoms with Gasteiger partial charge < -0.3 is 19.1 Å². The summed E-state index contributed by atoms with van der Waals surface area (Å²) in [5, 5.41) is 5.48. The number of methoxy groups -OCH3 is 1. The lowest BCUT2D eigenvalue weighted by atomic mass is 9.91. The topological polar surface area (TPSA) is 71.7 Å². The quantitative estimate of drug-likeness (QED) is 0.648. The molecule has 0 N–H and O–H groups in total. The van der Waals surface area contributed by atoms with Crippen LogP contribution in [0, 0.1) is 0 Å². The van der Waals surface area contributed by atoms with Gasteiger partial charge in [0, 0.05) is 43.2 Å². The standard InChI is InChI=1S/C23H26N4O3/c1-29-21-14-17-8-11-27(23(28)19(17)15-24-21)13-12-26-9-6-16(7-10-26)22-18-4-2-3-5-20(18)30-25-22/h2-5,14-16H,6-13H2,1H3. The molecule has 0 unspecified atom stereocenters. The number of aromatic nitrogens is 2. The van der Waals surface area contributed by atoms with E-state index >= 15 is 0 Å². The number of likely N-dealkylation sites (tertiary alicyclic amines) is 1. The molecule has 0 atom stereocenters. The Balaban J connectivity index is 1.16. The van der Waals surface area contributed by atoms with Crippen LogP contribution in [0.5, 0.6) is 5.88 Å². The highest BCUT2D eigenvalue weighted by Gasteiger charge is 2.28. The highest BCUT2D eigenvalue weighted by atomic mass is 16.5. The summed E-state index contributed by atoms with van der Waals surface area (Å²) in [6, 6.07) is 9.96. The van der Waals surface area contributed by atoms with Gasteiger partial charge in [-0.1, -0.05) is 17.3 Å². The largest absolute Gasteiger partial charge is 0.481 e. The zero-order chi connectivity index (χ0) is 20.5. The van der Waals surface area contributed by atoms with Crippen LogP contribution in [0.3, 0.4) is 0 Å². The second-order valence-electron chi connectivity index (χ2n) is 8.11. The lowest BCUT2D eigenvalue weighted by molar-refractivity contribution is 0.0709. The molecule has 0 bridgehead atoms. The number of rotatable bonds is 5. The summed E-state index contributed by atoms with van der Waals surface area (Å²) in [7, 11) is 1.60. The number of para-hydroxylation sites is 1. The van der Waals surface area contributed by atoms with Gasteiger partial charge in [0.2, 0.25) is 5.88 Å². The molecule has 7 heteroatoms. The molecule has 0 radical (unpaired) electrons. The molecule has 2 aliphatic heterocycles. The first-order valence-corrected chi connectivity index (χ1v) is 10.6. The number of piperidine rings is 1. The van der Waals surface area contributed by atoms with Crippen molar-refractivity contribution in [3.63, 3.8) is 0 Å². The monoisotopic (exact) mass is 406 g/mol. The molecule has 5 rings (SSSR count). The van der Waals surface area contributed by atoms with Gasteiger partial charge in [0.15, 0.2) is 5.58 Å². The lowest BCUT2D eigenvalue weighted by Crippen LogP contribution is -2.44. The van der Waals surface area contributed by atoms with Crippen LogP contribution in [0.4, 0.5) is 0 Å². The van der Waals surface area contributed by atoms with Crippen LogP contribution in [0.15, 0.2) is 41.1 Å². The Kier molecular flexibility index (Phi) is 5.12. The van der Waals surface area contributed by atoms with Crippen LogP contribution in [0.2, 0.25) is 0 Å². The number of pyridine rings is 1. The molecule has 0 spiro atoms. The van der Waals surface area contributed by atoms with Crippen molar-refractivity contribution in [1.29, 1.82) is 0 Å². The summed E-state index contributed by atoms with van der Waals surface area (Å²) < 4.78 is 10.7. The van der Waals surface area contributed by atoms with Gasteiger partial charge >= 0.3 is 0 Å². The molecule has 0 aliphatic carbocycles. The van der Waals surface area contributed by atoms with Crippen LogP contribution in [-0.2, 0) is 6.42 Å². The molecular weight excluding hydrogens is 380 g/mol. The Hall–Kier alpha value is -2.93. The minimum absolute atomic E-state index is 0.0790. The van der Waals surface area contributed by atoms with Gasteiger partial charge in [-0.2, -0.15) is 0 Å². The molecule has 0 saturated carbocycles. The molecule has 1 fully saturated rings. The first-order chi connectivity index (χ1) is 14.7. The average molecular weight is 406 g/mol. The van der Waals surface area contributed by atoms with Gasteiger partial charge in [-0.05, 0) is 50.0 Å². The smallest absolute Gasteiger partial charge is 0.255 e. The third-order valence-electron chi connectivity index (χ3n) is 6.41. The number of amides is 1. The van der Waals surface area contributed by atoms with Gasteiger partial charge in [0.25, 0.3) is 5.91 Å². The average Bonchev–Trinajstić information content (AvgIpc) is 3.23. The zero-order valence-electron chi connectivity index (χ0n) is 17.2. The van der Waals surface area contributed by atoms with Crippen molar-refractivity contribution in [3.05, 3.63) is 53.3 Å². The molecule has 1 amide bonds. The van der Waals surface area contributed by atoms with E-state index in [4.69, 9.17) is 9.26 Å². The Morgan fingerprint density at radius 1 is 1.17 bits per heavy atom. The van der Waals surface area contributed by atoms with Gasteiger partial charge in [-0.3, -0.25) is 4.79 Å². The van der Waals surface area contributed by atoms with Crippen molar-refractivity contribution in [2.45, 2.75) is 25.2 Å². The minimum atomic E-state index is 0.0790. The number of ether oxygens (including phenoxy) is 1. The number of fused-ring (bicyclic) bond motifs is 2. The van der Waals surface area contributed by atoms with E-state index in [-0.39, 0.29) is 5.91 Å². The van der Waals surface area contributed by atoms with Crippen molar-refractivity contribution in [2.75, 3.05) is 39.8 Å². The highest BCUT2D eigenvalue weighted by Crippen LogP contribution is 2.32. The van der Waals surface area contributed by atoms with E-state index < -0.39 is 0 Å². The third-order valence-corrected chi connectivity index (χ3v) is 6.41. The SMILES string of the molecule is COc1cc2c(cn1)C(=O)N(CCN1CCC(c3noc4ccccc34)CC1)CC2. The Morgan fingerprint density at radius 3 is 2.83 bits per heavy atom. The molecule has 30 heavy (non-hydrogen) atoms. The van der Waals surface area contributed by atoms with Gasteiger partial charge in [0.05, 0.1) is 18.4 Å². The predicted octanol–water partition coefficient (Wildman–Crippen LogP) is 3.11. The fourth-order valence-corrected chi connectivity index (χ4v) is 4.62. The zero-order valence-corrected chi connectivity index (χ0v) is 17.2. The highest BCUT2D eigenvalue weighted by molar-refractivity contribution is 5.96. The van der Waals surface area contributed by atoms with Gasteiger partial charge in [0.1, 0.15) is 0 Å². The van der Waals surface area contributed by atoms with E-state index in [1.54, 1.807) is 13.3 Å². The summed E-state index contributed by atoms with van der Waals surface area (Å²) in [5.74, 6) is 1.09. The van der Waals surface area contributed by atoms with E-state index in [1.165, 1.54) is 0 Å². The maximum absolute atomic E-state index is 12.8. The molecule has 4 heterocycles. The van der Waals surface area contributed by atoms with Crippen molar-refractivity contribution >= 4 is 16.9 Å². The van der Waals surface area contributed by atoms with E-state index in [1.807, 2.05) is 29.2 Å². The van der Waals surface area contributed by atoms with Gasteiger partial charge in [-0.25, -0.2) is 4.98 Å². The first-order valence-electron chi connectivity index (χ1n) is 10.6. The minimum Gasteiger partial charge on any atom is -0.481 e. The van der Waals surface area contributed by atoms with Crippen molar-refractivity contribution < 1.29 is 14.1 Å². The first kappa shape index (κ1) is 19.1. The maximum Gasteiger partial charge on any atom is 0.255 e. The molecule has 2 aromatic heterocycles. The molecule has 156 valence electrons. The predicted molar refractivity (Wildman–Crippen MR) is 113 cm³/mol. The second kappa shape index (κ2) is 8.07. The summed E-state index contributed by atoms with van der Waals surface area (Å²) in [6.07, 6.45) is 4.63. The van der Waals surface area contributed by atoms with E-state index in [0.29, 0.717) is 17.4 Å². The van der Waals surface area contributed by atoms with Gasteiger partial charge in [-0.15, -0.1) is 0 Å².